The van der Waals surface area contributed by atoms with Crippen molar-refractivity contribution in [3.05, 3.63) is 0 Å². The van der Waals surface area contributed by atoms with Gasteiger partial charge >= 0.3 is 0 Å². The van der Waals surface area contributed by atoms with Gasteiger partial charge in [0, 0.05) is 7.05 Å². The van der Waals surface area contributed by atoms with Crippen molar-refractivity contribution in [3.8, 4) is 0 Å². The molecule has 1 saturated heterocycles. The molecule has 4 atom stereocenters. The number of aliphatic hydroxyl groups excluding tert-OH is 3. The largest absolute Gasteiger partial charge is 0.388 e. The molecule has 0 aliphatic carbocycles. The van der Waals surface area contributed by atoms with Crippen LogP contribution in [0.1, 0.15) is 6.42 Å². The Bertz CT molecular complexity index is 210. The minimum atomic E-state index is -1.25. The Morgan fingerprint density at radius 3 is 2.64 bits per heavy atom. The maximum absolute atomic E-state index is 11.0. The molecule has 82 valence electrons. The molecule has 0 saturated carbocycles. The van der Waals surface area contributed by atoms with Gasteiger partial charge in [0.15, 0.2) is 0 Å². The normalized spacial score (nSPS) is 38.0. The quantitative estimate of drug-likeness (QED) is 0.403. The van der Waals surface area contributed by atoms with Crippen molar-refractivity contribution in [2.45, 2.75) is 30.8 Å². The van der Waals surface area contributed by atoms with Crippen molar-refractivity contribution in [1.29, 1.82) is 0 Å². The fourth-order valence-electron chi connectivity index (χ4n) is 1.33. The summed E-state index contributed by atoms with van der Waals surface area (Å²) in [5.41, 5.74) is 0. The lowest BCUT2D eigenvalue weighted by atomic mass is 9.98. The molecule has 6 heteroatoms. The molecule has 6 nitrogen and oxygen atoms in total. The monoisotopic (exact) mass is 205 g/mol. The van der Waals surface area contributed by atoms with Crippen molar-refractivity contribution in [2.75, 3.05) is 13.7 Å². The molecule has 1 unspecified atom stereocenters. The van der Waals surface area contributed by atoms with Gasteiger partial charge in [-0.2, -0.15) is 0 Å². The smallest absolute Gasteiger partial charge is 0.222 e. The van der Waals surface area contributed by atoms with Gasteiger partial charge in [-0.3, -0.25) is 4.79 Å². The number of nitrogens with one attached hydrogen (secondary N) is 1. The summed E-state index contributed by atoms with van der Waals surface area (Å²) in [6.07, 6.45) is -4.35. The first kappa shape index (κ1) is 11.4. The predicted octanol–water partition coefficient (Wildman–Crippen LogP) is -2.40. The second kappa shape index (κ2) is 4.70. The molecule has 0 radical (unpaired) electrons. The molecular weight excluding hydrogens is 190 g/mol. The third-order valence-corrected chi connectivity index (χ3v) is 2.27. The van der Waals surface area contributed by atoms with E-state index in [9.17, 15) is 15.0 Å². The molecule has 0 aromatic carbocycles. The number of carbonyl (C=O) groups excluding carboxylic acids is 1. The van der Waals surface area contributed by atoms with Gasteiger partial charge in [0.05, 0.1) is 19.1 Å². The Morgan fingerprint density at radius 1 is 1.43 bits per heavy atom. The third kappa shape index (κ3) is 2.42. The van der Waals surface area contributed by atoms with Crippen molar-refractivity contribution >= 4 is 5.91 Å². The van der Waals surface area contributed by atoms with Crippen LogP contribution >= 0.6 is 0 Å². The first-order chi connectivity index (χ1) is 6.56. The zero-order chi connectivity index (χ0) is 10.7. The van der Waals surface area contributed by atoms with Crippen molar-refractivity contribution in [2.24, 2.45) is 0 Å². The maximum atomic E-state index is 11.0. The van der Waals surface area contributed by atoms with Gasteiger partial charge < -0.3 is 25.4 Å². The van der Waals surface area contributed by atoms with Crippen LogP contribution in [0.2, 0.25) is 0 Å². The molecule has 0 spiro atoms. The lowest BCUT2D eigenvalue weighted by Gasteiger charge is -2.34. The van der Waals surface area contributed by atoms with Crippen LogP contribution in [0.25, 0.3) is 0 Å². The standard InChI is InChI=1S/C8H15NO5/c1-9-6(11)2-5-8(13)7(12)4(10)3-14-5/h4-5,7-8,10,12-13H,2-3H2,1H3,(H,9,11)/t4-,5?,7+,8+/m1/s1. The Hall–Kier alpha value is -0.690. The van der Waals surface area contributed by atoms with E-state index in [0.29, 0.717) is 0 Å². The minimum absolute atomic E-state index is 0.0263. The third-order valence-electron chi connectivity index (χ3n) is 2.27. The van der Waals surface area contributed by atoms with E-state index >= 15 is 0 Å². The molecule has 1 heterocycles. The number of carbonyl (C=O) groups is 1. The van der Waals surface area contributed by atoms with Crippen molar-refractivity contribution < 1.29 is 24.9 Å². The van der Waals surface area contributed by atoms with Gasteiger partial charge in [-0.25, -0.2) is 0 Å². The van der Waals surface area contributed by atoms with E-state index in [1.54, 1.807) is 0 Å². The zero-order valence-electron chi connectivity index (χ0n) is 7.88. The van der Waals surface area contributed by atoms with Crippen molar-refractivity contribution in [3.63, 3.8) is 0 Å². The highest BCUT2D eigenvalue weighted by Crippen LogP contribution is 2.17. The van der Waals surface area contributed by atoms with Crippen LogP contribution in [-0.4, -0.2) is 59.3 Å². The summed E-state index contributed by atoms with van der Waals surface area (Å²) in [4.78, 5) is 11.0. The highest BCUT2D eigenvalue weighted by Gasteiger charge is 2.38. The summed E-state index contributed by atoms with van der Waals surface area (Å²) < 4.78 is 5.02. The molecule has 14 heavy (non-hydrogen) atoms. The SMILES string of the molecule is CNC(=O)CC1OC[C@@H](O)[C@H](O)[C@H]1O. The van der Waals surface area contributed by atoms with E-state index in [0.717, 1.165) is 0 Å². The highest BCUT2D eigenvalue weighted by atomic mass is 16.5. The lowest BCUT2D eigenvalue weighted by molar-refractivity contribution is -0.189. The number of aliphatic hydroxyl groups is 3. The molecule has 1 aliphatic heterocycles. The maximum Gasteiger partial charge on any atom is 0.222 e. The summed E-state index contributed by atoms with van der Waals surface area (Å²) in [6, 6.07) is 0. The van der Waals surface area contributed by atoms with Crippen LogP contribution in [0.4, 0.5) is 0 Å². The Morgan fingerprint density at radius 2 is 2.07 bits per heavy atom. The lowest BCUT2D eigenvalue weighted by Crippen LogP contribution is -2.53. The second-order valence-electron chi connectivity index (χ2n) is 3.30. The van der Waals surface area contributed by atoms with E-state index < -0.39 is 24.4 Å². The Labute approximate surface area is 81.5 Å². The predicted molar refractivity (Wildman–Crippen MR) is 46.4 cm³/mol. The average Bonchev–Trinajstić information content (AvgIpc) is 2.19. The Kier molecular flexibility index (Phi) is 3.82. The van der Waals surface area contributed by atoms with Gasteiger partial charge in [0.1, 0.15) is 18.3 Å². The highest BCUT2D eigenvalue weighted by molar-refractivity contribution is 5.76. The van der Waals surface area contributed by atoms with E-state index in [1.807, 2.05) is 0 Å². The summed E-state index contributed by atoms with van der Waals surface area (Å²) in [7, 11) is 1.48. The molecule has 0 bridgehead atoms. The topological polar surface area (TPSA) is 99.0 Å². The van der Waals surface area contributed by atoms with Crippen LogP contribution in [0.3, 0.4) is 0 Å². The first-order valence-corrected chi connectivity index (χ1v) is 4.42. The van der Waals surface area contributed by atoms with Gasteiger partial charge in [-0.15, -0.1) is 0 Å². The summed E-state index contributed by atoms with van der Waals surface area (Å²) in [6.45, 7) is -0.0696. The Balaban J connectivity index is 2.50. The van der Waals surface area contributed by atoms with E-state index in [4.69, 9.17) is 9.84 Å². The van der Waals surface area contributed by atoms with Crippen molar-refractivity contribution in [1.82, 2.24) is 5.32 Å². The van der Waals surface area contributed by atoms with Gasteiger partial charge in [0.2, 0.25) is 5.91 Å². The first-order valence-electron chi connectivity index (χ1n) is 4.42. The summed E-state index contributed by atoms with van der Waals surface area (Å²) in [5.74, 6) is -0.280. The second-order valence-corrected chi connectivity index (χ2v) is 3.30. The van der Waals surface area contributed by atoms with Crippen LogP contribution < -0.4 is 5.32 Å². The molecule has 1 fully saturated rings. The molecule has 4 N–H and O–H groups in total. The van der Waals surface area contributed by atoms with Gasteiger partial charge in [-0.1, -0.05) is 0 Å². The molecule has 0 aromatic heterocycles. The summed E-state index contributed by atoms with van der Waals surface area (Å²) >= 11 is 0. The molecule has 1 amide bonds. The minimum Gasteiger partial charge on any atom is -0.388 e. The zero-order valence-corrected chi connectivity index (χ0v) is 7.88. The van der Waals surface area contributed by atoms with Crippen LogP contribution in [-0.2, 0) is 9.53 Å². The van der Waals surface area contributed by atoms with E-state index in [1.165, 1.54) is 7.05 Å². The number of hydrogen-bond donors (Lipinski definition) is 4. The van der Waals surface area contributed by atoms with Gasteiger partial charge in [0.25, 0.3) is 0 Å². The molecule has 0 aromatic rings. The number of hydrogen-bond acceptors (Lipinski definition) is 5. The van der Waals surface area contributed by atoms with Crippen LogP contribution in [0.5, 0.6) is 0 Å². The van der Waals surface area contributed by atoms with Crippen LogP contribution in [0.15, 0.2) is 0 Å². The molecular formula is C8H15NO5. The van der Waals surface area contributed by atoms with E-state index in [-0.39, 0.29) is 18.9 Å². The van der Waals surface area contributed by atoms with Crippen LogP contribution in [0, 0.1) is 0 Å². The number of amides is 1. The number of rotatable bonds is 2. The fraction of sp³-hybridized carbons (Fsp3) is 0.875. The average molecular weight is 205 g/mol. The van der Waals surface area contributed by atoms with E-state index in [2.05, 4.69) is 5.32 Å². The number of ether oxygens (including phenoxy) is 1. The molecule has 1 rings (SSSR count). The summed E-state index contributed by atoms with van der Waals surface area (Å²) in [5, 5.41) is 30.2. The van der Waals surface area contributed by atoms with Gasteiger partial charge in [-0.05, 0) is 0 Å². The fourth-order valence-corrected chi connectivity index (χ4v) is 1.33. The molecule has 1 aliphatic rings.